The monoisotopic (exact) mass is 374 g/mol. The molecule has 0 unspecified atom stereocenters. The second-order valence-corrected chi connectivity index (χ2v) is 6.28. The van der Waals surface area contributed by atoms with Crippen LogP contribution in [0.2, 0.25) is 0 Å². The highest BCUT2D eigenvalue weighted by Gasteiger charge is 2.18. The smallest absolute Gasteiger partial charge is 0.432 e. The van der Waals surface area contributed by atoms with Crippen molar-refractivity contribution in [2.24, 2.45) is 0 Å². The van der Waals surface area contributed by atoms with Crippen LogP contribution in [0.15, 0.2) is 54.6 Å². The molecule has 0 aliphatic carbocycles. The molecule has 2 aromatic carbocycles. The molecule has 0 heterocycles. The topological polar surface area (TPSA) is 80.3 Å². The maximum atomic E-state index is 12.0. The number of carbonyl (C=O) groups is 2. The van der Waals surface area contributed by atoms with Gasteiger partial charge in [0.1, 0.15) is 0 Å². The molecule has 144 valence electrons. The fourth-order valence-electron chi connectivity index (χ4n) is 2.09. The lowest BCUT2D eigenvalue weighted by atomic mass is 10.0. The van der Waals surface area contributed by atoms with Gasteiger partial charge >= 0.3 is 12.1 Å². The van der Waals surface area contributed by atoms with Gasteiger partial charge in [0, 0.05) is 13.5 Å². The number of methoxy groups -OCH3 is 1. The summed E-state index contributed by atoms with van der Waals surface area (Å²) in [6.45, 7) is 3.77. The number of carbonyl (C=O) groups excluding carboxylic acids is 2. The molecule has 0 radical (unpaired) electrons. The van der Waals surface area contributed by atoms with Crippen molar-refractivity contribution in [1.82, 2.24) is 0 Å². The minimum absolute atomic E-state index is 0.0656. The van der Waals surface area contributed by atoms with Gasteiger partial charge in [0.15, 0.2) is 0 Å². The fourth-order valence-corrected chi connectivity index (χ4v) is 2.09. The minimum atomic E-state index is -1.12. The van der Waals surface area contributed by atoms with E-state index >= 15 is 0 Å². The zero-order valence-electron chi connectivity index (χ0n) is 15.5. The maximum absolute atomic E-state index is 12.0. The van der Waals surface area contributed by atoms with E-state index in [0.717, 1.165) is 11.1 Å². The van der Waals surface area contributed by atoms with E-state index in [1.54, 1.807) is 25.3 Å². The van der Waals surface area contributed by atoms with Crippen molar-refractivity contribution >= 4 is 12.1 Å². The van der Waals surface area contributed by atoms with Gasteiger partial charge in [0.05, 0.1) is 22.8 Å². The Balaban J connectivity index is 1.78. The van der Waals surface area contributed by atoms with Crippen molar-refractivity contribution in [2.75, 3.05) is 13.7 Å². The molecule has 0 aromatic heterocycles. The molecule has 0 aliphatic rings. The average Bonchev–Trinajstić information content (AvgIpc) is 2.68. The Morgan fingerprint density at radius 1 is 0.926 bits per heavy atom. The van der Waals surface area contributed by atoms with Crippen LogP contribution in [0.3, 0.4) is 0 Å². The number of hydrogen-bond donors (Lipinski definition) is 0. The van der Waals surface area contributed by atoms with Crippen LogP contribution in [-0.4, -0.2) is 31.4 Å². The molecule has 27 heavy (non-hydrogen) atoms. The summed E-state index contributed by atoms with van der Waals surface area (Å²) in [7, 11) is 1.56. The summed E-state index contributed by atoms with van der Waals surface area (Å²) in [5.41, 5.74) is 1.60. The van der Waals surface area contributed by atoms with E-state index in [1.165, 1.54) is 0 Å². The zero-order valence-corrected chi connectivity index (χ0v) is 15.5. The highest BCUT2D eigenvalue weighted by molar-refractivity contribution is 5.90. The number of hydrogen-bond acceptors (Lipinski definition) is 7. The van der Waals surface area contributed by atoms with Crippen molar-refractivity contribution in [3.8, 4) is 11.1 Å². The number of ether oxygens (including phenoxy) is 2. The highest BCUT2D eigenvalue weighted by atomic mass is 17.5. The first-order chi connectivity index (χ1) is 12.9. The summed E-state index contributed by atoms with van der Waals surface area (Å²) in [6.07, 6.45) is -0.655. The molecule has 7 heteroatoms. The summed E-state index contributed by atoms with van der Waals surface area (Å²) in [4.78, 5) is 32.1. The van der Waals surface area contributed by atoms with Gasteiger partial charge in [-0.15, -0.1) is 0 Å². The Kier molecular flexibility index (Phi) is 7.34. The van der Waals surface area contributed by atoms with Crippen LogP contribution in [0, 0.1) is 0 Å². The van der Waals surface area contributed by atoms with Gasteiger partial charge in [-0.2, -0.15) is 0 Å². The normalized spacial score (nSPS) is 10.9. The molecule has 0 bridgehead atoms. The van der Waals surface area contributed by atoms with Gasteiger partial charge in [0.25, 0.3) is 0 Å². The molecular formula is C20H22O7. The largest absolute Gasteiger partial charge is 0.543 e. The molecule has 0 amide bonds. The minimum Gasteiger partial charge on any atom is -0.432 e. The average molecular weight is 374 g/mol. The summed E-state index contributed by atoms with van der Waals surface area (Å²) < 4.78 is 9.98. The molecule has 7 nitrogen and oxygen atoms in total. The first-order valence-electron chi connectivity index (χ1n) is 8.34. The van der Waals surface area contributed by atoms with Crippen LogP contribution in [-0.2, 0) is 24.3 Å². The fraction of sp³-hybridized carbons (Fsp3) is 0.300. The standard InChI is InChI=1S/C20H22O7/c1-20(2,23-3)12-13-24-19(22)26-27-25-18(21)17-11-7-10-16(14-17)15-8-5-4-6-9-15/h4-11,14H,12-13H2,1-3H3. The number of benzene rings is 2. The molecule has 0 aliphatic heterocycles. The van der Waals surface area contributed by atoms with E-state index in [-0.39, 0.29) is 12.2 Å². The summed E-state index contributed by atoms with van der Waals surface area (Å²) in [5, 5.41) is 4.21. The molecular weight excluding hydrogens is 352 g/mol. The predicted octanol–water partition coefficient (Wildman–Crippen LogP) is 4.33. The molecule has 0 atom stereocenters. The third kappa shape index (κ3) is 6.73. The lowest BCUT2D eigenvalue weighted by molar-refractivity contribution is -0.452. The Morgan fingerprint density at radius 3 is 2.33 bits per heavy atom. The molecule has 0 saturated carbocycles. The van der Waals surface area contributed by atoms with Gasteiger partial charge in [-0.05, 0) is 37.1 Å². The van der Waals surface area contributed by atoms with E-state index in [0.29, 0.717) is 6.42 Å². The molecule has 0 N–H and O–H groups in total. The Labute approximate surface area is 157 Å². The number of rotatable bonds is 8. The van der Waals surface area contributed by atoms with Crippen LogP contribution in [0.1, 0.15) is 30.6 Å². The molecule has 2 rings (SSSR count). The SMILES string of the molecule is COC(C)(C)CCOC(=O)OOOC(=O)c1cccc(-c2ccccc2)c1. The van der Waals surface area contributed by atoms with Gasteiger partial charge in [-0.3, -0.25) is 4.89 Å². The summed E-state index contributed by atoms with van der Waals surface area (Å²) in [5.74, 6) is -0.805. The highest BCUT2D eigenvalue weighted by Crippen LogP contribution is 2.20. The Hall–Kier alpha value is -2.90. The van der Waals surface area contributed by atoms with Crippen molar-refractivity contribution in [1.29, 1.82) is 0 Å². The van der Waals surface area contributed by atoms with Crippen molar-refractivity contribution < 1.29 is 33.9 Å². The molecule has 0 fully saturated rings. The van der Waals surface area contributed by atoms with Crippen LogP contribution >= 0.6 is 0 Å². The first kappa shape index (κ1) is 20.4. The second kappa shape index (κ2) is 9.70. The van der Waals surface area contributed by atoms with Gasteiger partial charge in [-0.1, -0.05) is 42.5 Å². The Morgan fingerprint density at radius 2 is 1.63 bits per heavy atom. The van der Waals surface area contributed by atoms with Gasteiger partial charge < -0.3 is 9.47 Å². The molecule has 2 aromatic rings. The first-order valence-corrected chi connectivity index (χ1v) is 8.34. The van der Waals surface area contributed by atoms with E-state index in [4.69, 9.17) is 9.47 Å². The van der Waals surface area contributed by atoms with Crippen molar-refractivity contribution in [2.45, 2.75) is 25.9 Å². The lowest BCUT2D eigenvalue weighted by Gasteiger charge is -2.21. The van der Waals surface area contributed by atoms with Gasteiger partial charge in [-0.25, -0.2) is 14.5 Å². The van der Waals surface area contributed by atoms with Crippen LogP contribution in [0.4, 0.5) is 4.79 Å². The van der Waals surface area contributed by atoms with Crippen LogP contribution < -0.4 is 0 Å². The molecule has 0 saturated heterocycles. The van der Waals surface area contributed by atoms with E-state index in [2.05, 4.69) is 14.8 Å². The van der Waals surface area contributed by atoms with E-state index in [9.17, 15) is 9.59 Å². The second-order valence-electron chi connectivity index (χ2n) is 6.28. The lowest BCUT2D eigenvalue weighted by Crippen LogP contribution is -2.25. The molecule has 0 spiro atoms. The predicted molar refractivity (Wildman–Crippen MR) is 96.5 cm³/mol. The maximum Gasteiger partial charge on any atom is 0.543 e. The quantitative estimate of drug-likeness (QED) is 0.386. The van der Waals surface area contributed by atoms with Gasteiger partial charge in [0.2, 0.25) is 0 Å². The zero-order chi connectivity index (χ0) is 19.7. The van der Waals surface area contributed by atoms with Crippen molar-refractivity contribution in [3.63, 3.8) is 0 Å². The van der Waals surface area contributed by atoms with E-state index < -0.39 is 17.7 Å². The van der Waals surface area contributed by atoms with E-state index in [1.807, 2.05) is 50.2 Å². The Bertz CT molecular complexity index is 756. The van der Waals surface area contributed by atoms with Crippen molar-refractivity contribution in [3.05, 3.63) is 60.2 Å². The van der Waals surface area contributed by atoms with Crippen LogP contribution in [0.5, 0.6) is 0 Å². The summed E-state index contributed by atoms with van der Waals surface area (Å²) in [6, 6.07) is 16.3. The third-order valence-electron chi connectivity index (χ3n) is 3.89. The summed E-state index contributed by atoms with van der Waals surface area (Å²) >= 11 is 0. The van der Waals surface area contributed by atoms with Crippen LogP contribution in [0.25, 0.3) is 11.1 Å². The third-order valence-corrected chi connectivity index (χ3v) is 3.89.